The van der Waals surface area contributed by atoms with Crippen LogP contribution in [-0.4, -0.2) is 10.9 Å². The maximum absolute atomic E-state index is 12.3. The summed E-state index contributed by atoms with van der Waals surface area (Å²) >= 11 is 3.37. The van der Waals surface area contributed by atoms with Gasteiger partial charge in [0.05, 0.1) is 11.2 Å². The minimum atomic E-state index is -0.146. The highest BCUT2D eigenvalue weighted by Crippen LogP contribution is 2.22. The quantitative estimate of drug-likeness (QED) is 0.743. The van der Waals surface area contributed by atoms with Gasteiger partial charge in [-0.25, -0.2) is 0 Å². The lowest BCUT2D eigenvalue weighted by Crippen LogP contribution is -2.12. The van der Waals surface area contributed by atoms with E-state index in [1.165, 1.54) is 0 Å². The van der Waals surface area contributed by atoms with E-state index in [2.05, 4.69) is 26.2 Å². The molecule has 0 saturated carbocycles. The number of fused-ring (bicyclic) bond motifs is 1. The standard InChI is InChI=1S/C17H13BrN2O/c1-11-8-9-12-4-3-7-15(16(12)19-11)20-17(21)13-5-2-6-14(18)10-13/h2-10H,1H3,(H,20,21). The molecule has 0 saturated heterocycles. The van der Waals surface area contributed by atoms with Crippen LogP contribution < -0.4 is 5.32 Å². The normalized spacial score (nSPS) is 10.6. The number of nitrogens with zero attached hydrogens (tertiary/aromatic N) is 1. The van der Waals surface area contributed by atoms with Crippen LogP contribution in [0.15, 0.2) is 59.1 Å². The second-order valence-electron chi connectivity index (χ2n) is 4.79. The highest BCUT2D eigenvalue weighted by Gasteiger charge is 2.09. The highest BCUT2D eigenvalue weighted by molar-refractivity contribution is 9.10. The number of halogens is 1. The lowest BCUT2D eigenvalue weighted by molar-refractivity contribution is 0.102. The molecule has 0 fully saturated rings. The van der Waals surface area contributed by atoms with E-state index in [9.17, 15) is 4.79 Å². The molecule has 21 heavy (non-hydrogen) atoms. The molecular formula is C17H13BrN2O. The van der Waals surface area contributed by atoms with Crippen LogP contribution in [0.2, 0.25) is 0 Å². The molecule has 0 aliphatic carbocycles. The van der Waals surface area contributed by atoms with Gasteiger partial charge in [-0.05, 0) is 37.3 Å². The van der Waals surface area contributed by atoms with E-state index < -0.39 is 0 Å². The first-order valence-electron chi connectivity index (χ1n) is 6.57. The van der Waals surface area contributed by atoms with Gasteiger partial charge in [0.25, 0.3) is 5.91 Å². The number of amides is 1. The van der Waals surface area contributed by atoms with Crippen molar-refractivity contribution in [2.24, 2.45) is 0 Å². The summed E-state index contributed by atoms with van der Waals surface area (Å²) in [4.78, 5) is 16.9. The third-order valence-corrected chi connectivity index (χ3v) is 3.69. The summed E-state index contributed by atoms with van der Waals surface area (Å²) in [6.07, 6.45) is 0. The van der Waals surface area contributed by atoms with E-state index >= 15 is 0 Å². The van der Waals surface area contributed by atoms with Crippen LogP contribution in [0, 0.1) is 6.92 Å². The van der Waals surface area contributed by atoms with E-state index in [-0.39, 0.29) is 5.91 Å². The first-order valence-corrected chi connectivity index (χ1v) is 7.36. The number of carbonyl (C=O) groups excluding carboxylic acids is 1. The van der Waals surface area contributed by atoms with E-state index in [4.69, 9.17) is 0 Å². The Bertz CT molecular complexity index is 830. The molecule has 0 atom stereocenters. The maximum atomic E-state index is 12.3. The number of aryl methyl sites for hydroxylation is 1. The van der Waals surface area contributed by atoms with Crippen molar-refractivity contribution >= 4 is 38.4 Å². The molecule has 4 heteroatoms. The van der Waals surface area contributed by atoms with Crippen LogP contribution in [0.1, 0.15) is 16.1 Å². The van der Waals surface area contributed by atoms with Crippen molar-refractivity contribution in [1.29, 1.82) is 0 Å². The third kappa shape index (κ3) is 2.95. The Kier molecular flexibility index (Phi) is 3.71. The van der Waals surface area contributed by atoms with E-state index in [1.807, 2.05) is 49.4 Å². The Morgan fingerprint density at radius 1 is 1.10 bits per heavy atom. The van der Waals surface area contributed by atoms with Crippen LogP contribution in [0.5, 0.6) is 0 Å². The fraction of sp³-hybridized carbons (Fsp3) is 0.0588. The molecule has 0 aliphatic rings. The molecule has 1 aromatic heterocycles. The first-order chi connectivity index (χ1) is 10.1. The topological polar surface area (TPSA) is 42.0 Å². The van der Waals surface area contributed by atoms with Gasteiger partial charge >= 0.3 is 0 Å². The van der Waals surface area contributed by atoms with E-state index in [0.717, 1.165) is 26.8 Å². The molecule has 2 aromatic carbocycles. The van der Waals surface area contributed by atoms with Gasteiger partial charge in [-0.1, -0.05) is 40.2 Å². The number of rotatable bonds is 2. The molecule has 0 radical (unpaired) electrons. The van der Waals surface area contributed by atoms with Crippen molar-refractivity contribution in [2.75, 3.05) is 5.32 Å². The Morgan fingerprint density at radius 2 is 1.90 bits per heavy atom. The third-order valence-electron chi connectivity index (χ3n) is 3.19. The number of aromatic nitrogens is 1. The van der Waals surface area contributed by atoms with Crippen molar-refractivity contribution in [1.82, 2.24) is 4.98 Å². The van der Waals surface area contributed by atoms with Crippen LogP contribution in [0.4, 0.5) is 5.69 Å². The van der Waals surface area contributed by atoms with Crippen LogP contribution in [0.3, 0.4) is 0 Å². The number of anilines is 1. The summed E-state index contributed by atoms with van der Waals surface area (Å²) in [5.74, 6) is -0.146. The second kappa shape index (κ2) is 5.66. The van der Waals surface area contributed by atoms with Crippen molar-refractivity contribution < 1.29 is 4.79 Å². The van der Waals surface area contributed by atoms with Gasteiger partial charge in [-0.2, -0.15) is 0 Å². The van der Waals surface area contributed by atoms with Crippen molar-refractivity contribution in [2.45, 2.75) is 6.92 Å². The average molecular weight is 341 g/mol. The number of hydrogen-bond donors (Lipinski definition) is 1. The lowest BCUT2D eigenvalue weighted by Gasteiger charge is -2.09. The summed E-state index contributed by atoms with van der Waals surface area (Å²) < 4.78 is 0.877. The number of hydrogen-bond acceptors (Lipinski definition) is 2. The molecule has 0 spiro atoms. The van der Waals surface area contributed by atoms with Crippen LogP contribution >= 0.6 is 15.9 Å². The zero-order valence-electron chi connectivity index (χ0n) is 11.4. The van der Waals surface area contributed by atoms with Gasteiger partial charge in [-0.15, -0.1) is 0 Å². The molecule has 1 N–H and O–H groups in total. The molecule has 0 aliphatic heterocycles. The molecule has 0 unspecified atom stereocenters. The Morgan fingerprint density at radius 3 is 2.71 bits per heavy atom. The molecule has 3 rings (SSSR count). The average Bonchev–Trinajstić information content (AvgIpc) is 2.48. The van der Waals surface area contributed by atoms with Crippen molar-refractivity contribution in [3.05, 3.63) is 70.3 Å². The highest BCUT2D eigenvalue weighted by atomic mass is 79.9. The minimum absolute atomic E-state index is 0.146. The Labute approximate surface area is 131 Å². The molecule has 0 bridgehead atoms. The zero-order chi connectivity index (χ0) is 14.8. The van der Waals surface area contributed by atoms with E-state index in [0.29, 0.717) is 5.56 Å². The molecule has 3 aromatic rings. The van der Waals surface area contributed by atoms with Gasteiger partial charge < -0.3 is 5.32 Å². The summed E-state index contributed by atoms with van der Waals surface area (Å²) in [7, 11) is 0. The summed E-state index contributed by atoms with van der Waals surface area (Å²) in [6.45, 7) is 1.94. The summed E-state index contributed by atoms with van der Waals surface area (Å²) in [6, 6.07) is 17.0. The molecule has 1 heterocycles. The smallest absolute Gasteiger partial charge is 0.255 e. The van der Waals surface area contributed by atoms with Gasteiger partial charge in [0.15, 0.2) is 0 Å². The number of benzene rings is 2. The van der Waals surface area contributed by atoms with Crippen LogP contribution in [0.25, 0.3) is 10.9 Å². The predicted molar refractivity (Wildman–Crippen MR) is 88.6 cm³/mol. The predicted octanol–water partition coefficient (Wildman–Crippen LogP) is 4.56. The number of pyridine rings is 1. The minimum Gasteiger partial charge on any atom is -0.320 e. The molecule has 104 valence electrons. The Balaban J connectivity index is 1.98. The summed E-state index contributed by atoms with van der Waals surface area (Å²) in [5, 5.41) is 3.94. The molecule has 1 amide bonds. The maximum Gasteiger partial charge on any atom is 0.255 e. The van der Waals surface area contributed by atoms with Gasteiger partial charge in [0.2, 0.25) is 0 Å². The van der Waals surface area contributed by atoms with Gasteiger partial charge in [-0.3, -0.25) is 9.78 Å². The largest absolute Gasteiger partial charge is 0.320 e. The fourth-order valence-corrected chi connectivity index (χ4v) is 2.57. The van der Waals surface area contributed by atoms with E-state index in [1.54, 1.807) is 12.1 Å². The monoisotopic (exact) mass is 340 g/mol. The number of para-hydroxylation sites is 1. The molecule has 3 nitrogen and oxygen atoms in total. The van der Waals surface area contributed by atoms with Gasteiger partial charge in [0, 0.05) is 21.1 Å². The first kappa shape index (κ1) is 13.8. The van der Waals surface area contributed by atoms with Crippen LogP contribution in [-0.2, 0) is 0 Å². The second-order valence-corrected chi connectivity index (χ2v) is 5.71. The number of carbonyl (C=O) groups is 1. The van der Waals surface area contributed by atoms with Gasteiger partial charge in [0.1, 0.15) is 0 Å². The Hall–Kier alpha value is -2.20. The SMILES string of the molecule is Cc1ccc2cccc(NC(=O)c3cccc(Br)c3)c2n1. The molecular weight excluding hydrogens is 328 g/mol. The lowest BCUT2D eigenvalue weighted by atomic mass is 10.1. The summed E-state index contributed by atoms with van der Waals surface area (Å²) in [5.41, 5.74) is 3.06. The van der Waals surface area contributed by atoms with Crippen molar-refractivity contribution in [3.63, 3.8) is 0 Å². The zero-order valence-corrected chi connectivity index (χ0v) is 13.0. The van der Waals surface area contributed by atoms with Crippen molar-refractivity contribution in [3.8, 4) is 0 Å². The fourth-order valence-electron chi connectivity index (χ4n) is 2.17. The number of nitrogens with one attached hydrogen (secondary N) is 1.